The summed E-state index contributed by atoms with van der Waals surface area (Å²) in [6, 6.07) is 14.9. The van der Waals surface area contributed by atoms with Gasteiger partial charge in [0, 0.05) is 22.3 Å². The smallest absolute Gasteiger partial charge is 0.239 e. The van der Waals surface area contributed by atoms with Crippen molar-refractivity contribution in [3.05, 3.63) is 64.1 Å². The summed E-state index contributed by atoms with van der Waals surface area (Å²) in [5, 5.41) is 7.25. The van der Waals surface area contributed by atoms with Crippen molar-refractivity contribution < 1.29 is 4.79 Å². The second kappa shape index (κ2) is 7.91. The Balaban J connectivity index is 1.69. The van der Waals surface area contributed by atoms with E-state index in [1.165, 1.54) is 0 Å². The number of amides is 1. The van der Waals surface area contributed by atoms with Gasteiger partial charge in [0.05, 0.1) is 6.54 Å². The molecule has 0 aromatic heterocycles. The molecule has 0 bridgehead atoms. The Morgan fingerprint density at radius 2 is 1.76 bits per heavy atom. The van der Waals surface area contributed by atoms with Crippen molar-refractivity contribution in [2.75, 3.05) is 18.4 Å². The van der Waals surface area contributed by atoms with Crippen molar-refractivity contribution in [3.8, 4) is 0 Å². The third-order valence-electron chi connectivity index (χ3n) is 2.93. The number of halogens is 2. The first-order chi connectivity index (χ1) is 10.1. The molecular weight excluding hydrogens is 307 g/mol. The topological polar surface area (TPSA) is 41.1 Å². The minimum atomic E-state index is -0.0519. The molecule has 0 unspecified atom stereocenters. The van der Waals surface area contributed by atoms with E-state index in [9.17, 15) is 4.79 Å². The lowest BCUT2D eigenvalue weighted by Gasteiger charge is -2.08. The first kappa shape index (κ1) is 15.7. The van der Waals surface area contributed by atoms with E-state index >= 15 is 0 Å². The molecular formula is C16H16Cl2N2O. The van der Waals surface area contributed by atoms with Crippen molar-refractivity contribution in [2.45, 2.75) is 6.42 Å². The predicted molar refractivity (Wildman–Crippen MR) is 88.1 cm³/mol. The monoisotopic (exact) mass is 322 g/mol. The zero-order valence-corrected chi connectivity index (χ0v) is 12.9. The standard InChI is InChI=1S/C16H16Cl2N2O/c17-13-6-4-12(5-7-13)8-9-19-16(21)11-20-15-3-1-2-14(18)10-15/h1-7,10,20H,8-9,11H2,(H,19,21). The summed E-state index contributed by atoms with van der Waals surface area (Å²) in [4.78, 5) is 11.7. The number of nitrogens with one attached hydrogen (secondary N) is 2. The largest absolute Gasteiger partial charge is 0.376 e. The Hall–Kier alpha value is -1.71. The Bertz CT molecular complexity index is 599. The normalized spacial score (nSPS) is 10.2. The van der Waals surface area contributed by atoms with Crippen LogP contribution in [0.15, 0.2) is 48.5 Å². The maximum absolute atomic E-state index is 11.7. The molecule has 0 heterocycles. The van der Waals surface area contributed by atoms with Gasteiger partial charge in [0.15, 0.2) is 0 Å². The number of benzene rings is 2. The van der Waals surface area contributed by atoms with E-state index in [2.05, 4.69) is 10.6 Å². The fourth-order valence-electron chi connectivity index (χ4n) is 1.84. The Morgan fingerprint density at radius 1 is 1.00 bits per heavy atom. The molecule has 2 rings (SSSR count). The van der Waals surface area contributed by atoms with Crippen LogP contribution in [-0.2, 0) is 11.2 Å². The average Bonchev–Trinajstić information content (AvgIpc) is 2.47. The van der Waals surface area contributed by atoms with Crippen LogP contribution in [0.2, 0.25) is 10.0 Å². The van der Waals surface area contributed by atoms with Crippen molar-refractivity contribution in [3.63, 3.8) is 0 Å². The van der Waals surface area contributed by atoms with Gasteiger partial charge < -0.3 is 10.6 Å². The maximum atomic E-state index is 11.7. The predicted octanol–water partition coefficient (Wildman–Crippen LogP) is 3.76. The van der Waals surface area contributed by atoms with Crippen LogP contribution in [0.1, 0.15) is 5.56 Å². The number of rotatable bonds is 6. The van der Waals surface area contributed by atoms with Crippen LogP contribution in [0.4, 0.5) is 5.69 Å². The lowest BCUT2D eigenvalue weighted by atomic mass is 10.1. The molecule has 1 amide bonds. The molecule has 110 valence electrons. The first-order valence-corrected chi connectivity index (χ1v) is 7.39. The maximum Gasteiger partial charge on any atom is 0.239 e. The molecule has 2 aromatic carbocycles. The van der Waals surface area contributed by atoms with Crippen molar-refractivity contribution in [1.82, 2.24) is 5.32 Å². The van der Waals surface area contributed by atoms with E-state index in [0.29, 0.717) is 16.6 Å². The van der Waals surface area contributed by atoms with Crippen molar-refractivity contribution >= 4 is 34.8 Å². The summed E-state index contributed by atoms with van der Waals surface area (Å²) < 4.78 is 0. The number of carbonyl (C=O) groups is 1. The zero-order valence-electron chi connectivity index (χ0n) is 11.4. The average molecular weight is 323 g/mol. The summed E-state index contributed by atoms with van der Waals surface area (Å²) >= 11 is 11.7. The van der Waals surface area contributed by atoms with Gasteiger partial charge in [-0.2, -0.15) is 0 Å². The second-order valence-corrected chi connectivity index (χ2v) is 5.46. The summed E-state index contributed by atoms with van der Waals surface area (Å²) in [5.74, 6) is -0.0519. The summed E-state index contributed by atoms with van der Waals surface area (Å²) in [5.41, 5.74) is 1.97. The molecule has 3 nitrogen and oxygen atoms in total. The summed E-state index contributed by atoms with van der Waals surface area (Å²) in [7, 11) is 0. The Labute approximate surface area is 134 Å². The van der Waals surface area contributed by atoms with Crippen LogP contribution < -0.4 is 10.6 Å². The van der Waals surface area contributed by atoms with Gasteiger partial charge in [-0.1, -0.05) is 41.4 Å². The molecule has 0 aliphatic rings. The minimum absolute atomic E-state index is 0.0519. The molecule has 0 fully saturated rings. The number of hydrogen-bond donors (Lipinski definition) is 2. The number of hydrogen-bond acceptors (Lipinski definition) is 2. The van der Waals surface area contributed by atoms with Crippen LogP contribution in [0.5, 0.6) is 0 Å². The van der Waals surface area contributed by atoms with Crippen LogP contribution in [0, 0.1) is 0 Å². The van der Waals surface area contributed by atoms with Gasteiger partial charge in [-0.15, -0.1) is 0 Å². The lowest BCUT2D eigenvalue weighted by molar-refractivity contribution is -0.119. The molecule has 0 spiro atoms. The second-order valence-electron chi connectivity index (χ2n) is 4.59. The Morgan fingerprint density at radius 3 is 2.48 bits per heavy atom. The molecule has 0 saturated heterocycles. The quantitative estimate of drug-likeness (QED) is 0.850. The molecule has 21 heavy (non-hydrogen) atoms. The third kappa shape index (κ3) is 5.66. The van der Waals surface area contributed by atoms with E-state index in [-0.39, 0.29) is 12.5 Å². The molecule has 0 aliphatic heterocycles. The zero-order chi connectivity index (χ0) is 15.1. The molecule has 0 saturated carbocycles. The van der Waals surface area contributed by atoms with Gasteiger partial charge in [-0.25, -0.2) is 0 Å². The third-order valence-corrected chi connectivity index (χ3v) is 3.41. The van der Waals surface area contributed by atoms with Crippen molar-refractivity contribution in [2.24, 2.45) is 0 Å². The fraction of sp³-hybridized carbons (Fsp3) is 0.188. The van der Waals surface area contributed by atoms with Crippen LogP contribution >= 0.6 is 23.2 Å². The highest BCUT2D eigenvalue weighted by Gasteiger charge is 2.01. The van der Waals surface area contributed by atoms with Crippen molar-refractivity contribution in [1.29, 1.82) is 0 Å². The summed E-state index contributed by atoms with van der Waals surface area (Å²) in [6.45, 7) is 0.818. The fourth-order valence-corrected chi connectivity index (χ4v) is 2.16. The minimum Gasteiger partial charge on any atom is -0.376 e. The van der Waals surface area contributed by atoms with Gasteiger partial charge in [0.25, 0.3) is 0 Å². The van der Waals surface area contributed by atoms with Gasteiger partial charge in [0.1, 0.15) is 0 Å². The van der Waals surface area contributed by atoms with E-state index in [0.717, 1.165) is 17.7 Å². The van der Waals surface area contributed by atoms with E-state index in [1.807, 2.05) is 36.4 Å². The highest BCUT2D eigenvalue weighted by Crippen LogP contribution is 2.14. The summed E-state index contributed by atoms with van der Waals surface area (Å²) in [6.07, 6.45) is 0.778. The first-order valence-electron chi connectivity index (χ1n) is 6.64. The van der Waals surface area contributed by atoms with Crippen LogP contribution in [-0.4, -0.2) is 19.0 Å². The van der Waals surface area contributed by atoms with Crippen LogP contribution in [0.3, 0.4) is 0 Å². The highest BCUT2D eigenvalue weighted by atomic mass is 35.5. The number of anilines is 1. The van der Waals surface area contributed by atoms with Crippen LogP contribution in [0.25, 0.3) is 0 Å². The van der Waals surface area contributed by atoms with E-state index < -0.39 is 0 Å². The molecule has 5 heteroatoms. The number of carbonyl (C=O) groups excluding carboxylic acids is 1. The molecule has 0 aliphatic carbocycles. The van der Waals surface area contributed by atoms with E-state index in [4.69, 9.17) is 23.2 Å². The molecule has 2 N–H and O–H groups in total. The molecule has 2 aromatic rings. The van der Waals surface area contributed by atoms with Gasteiger partial charge in [-0.05, 0) is 42.3 Å². The molecule has 0 radical (unpaired) electrons. The van der Waals surface area contributed by atoms with Gasteiger partial charge >= 0.3 is 0 Å². The SMILES string of the molecule is O=C(CNc1cccc(Cl)c1)NCCc1ccc(Cl)cc1. The van der Waals surface area contributed by atoms with Gasteiger partial charge in [0.2, 0.25) is 5.91 Å². The van der Waals surface area contributed by atoms with E-state index in [1.54, 1.807) is 12.1 Å². The highest BCUT2D eigenvalue weighted by molar-refractivity contribution is 6.31. The van der Waals surface area contributed by atoms with Gasteiger partial charge in [-0.3, -0.25) is 4.79 Å². The molecule has 0 atom stereocenters. The lowest BCUT2D eigenvalue weighted by Crippen LogP contribution is -2.31. The Kier molecular flexibility index (Phi) is 5.90.